The van der Waals surface area contributed by atoms with E-state index in [0.717, 1.165) is 18.5 Å². The van der Waals surface area contributed by atoms with Crippen LogP contribution in [0.4, 0.5) is 0 Å². The zero-order valence-electron chi connectivity index (χ0n) is 14.8. The Hall–Kier alpha value is -1.88. The van der Waals surface area contributed by atoms with Gasteiger partial charge in [-0.3, -0.25) is 9.59 Å². The van der Waals surface area contributed by atoms with Crippen molar-refractivity contribution in [2.45, 2.75) is 51.6 Å². The predicted molar refractivity (Wildman–Crippen MR) is 93.5 cm³/mol. The van der Waals surface area contributed by atoms with E-state index in [1.807, 2.05) is 24.3 Å². The number of nitrogens with one attached hydrogen (secondary N) is 1. The highest BCUT2D eigenvalue weighted by Gasteiger charge is 2.20. The van der Waals surface area contributed by atoms with Crippen molar-refractivity contribution in [3.63, 3.8) is 0 Å². The molecule has 5 nitrogen and oxygen atoms in total. The highest BCUT2D eigenvalue weighted by Crippen LogP contribution is 2.23. The fourth-order valence-corrected chi connectivity index (χ4v) is 2.80. The maximum absolute atomic E-state index is 11.9. The van der Waals surface area contributed by atoms with E-state index in [1.54, 1.807) is 4.90 Å². The highest BCUT2D eigenvalue weighted by molar-refractivity contribution is 5.80. The van der Waals surface area contributed by atoms with Crippen molar-refractivity contribution in [2.75, 3.05) is 19.6 Å². The van der Waals surface area contributed by atoms with Crippen molar-refractivity contribution >= 4 is 11.8 Å². The number of hydrogen-bond acceptors (Lipinski definition) is 3. The Morgan fingerprint density at radius 1 is 1.29 bits per heavy atom. The normalized spacial score (nSPS) is 16.3. The van der Waals surface area contributed by atoms with Crippen molar-refractivity contribution in [1.29, 1.82) is 0 Å². The summed E-state index contributed by atoms with van der Waals surface area (Å²) >= 11 is 0. The maximum Gasteiger partial charge on any atom is 0.222 e. The molecule has 1 aliphatic heterocycles. The van der Waals surface area contributed by atoms with Crippen LogP contribution in [0, 0.1) is 0 Å². The highest BCUT2D eigenvalue weighted by atomic mass is 16.3. The molecule has 2 rings (SSSR count). The molecule has 1 heterocycles. The lowest BCUT2D eigenvalue weighted by atomic mass is 9.86. The van der Waals surface area contributed by atoms with Gasteiger partial charge in [0.05, 0.1) is 6.10 Å². The van der Waals surface area contributed by atoms with Crippen molar-refractivity contribution in [3.05, 3.63) is 35.4 Å². The van der Waals surface area contributed by atoms with Gasteiger partial charge in [-0.15, -0.1) is 0 Å². The molecule has 1 fully saturated rings. The van der Waals surface area contributed by atoms with Crippen molar-refractivity contribution in [3.8, 4) is 0 Å². The number of benzene rings is 1. The molecule has 0 aromatic heterocycles. The van der Waals surface area contributed by atoms with Crippen LogP contribution in [0.5, 0.6) is 0 Å². The summed E-state index contributed by atoms with van der Waals surface area (Å²) in [6.45, 7) is 7.81. The minimum Gasteiger partial charge on any atom is -0.387 e. The fraction of sp³-hybridized carbons (Fsp3) is 0.579. The molecule has 0 bridgehead atoms. The quantitative estimate of drug-likeness (QED) is 0.838. The van der Waals surface area contributed by atoms with E-state index in [-0.39, 0.29) is 30.2 Å². The molecule has 1 aromatic carbocycles. The van der Waals surface area contributed by atoms with Crippen LogP contribution in [0.1, 0.15) is 57.3 Å². The van der Waals surface area contributed by atoms with E-state index in [9.17, 15) is 14.7 Å². The molecule has 0 spiro atoms. The van der Waals surface area contributed by atoms with Gasteiger partial charge in [-0.25, -0.2) is 0 Å². The lowest BCUT2D eigenvalue weighted by Gasteiger charge is -2.20. The van der Waals surface area contributed by atoms with E-state index < -0.39 is 6.10 Å². The SMILES string of the molecule is CC(C)(C)c1ccc([C@H](O)CNC(=O)CCN2CCCC2=O)cc1. The zero-order valence-corrected chi connectivity index (χ0v) is 14.8. The van der Waals surface area contributed by atoms with E-state index in [0.29, 0.717) is 13.0 Å². The van der Waals surface area contributed by atoms with Gasteiger partial charge in [0, 0.05) is 32.5 Å². The molecule has 0 saturated carbocycles. The topological polar surface area (TPSA) is 69.6 Å². The molecule has 0 unspecified atom stereocenters. The van der Waals surface area contributed by atoms with Crippen LogP contribution in [-0.4, -0.2) is 41.5 Å². The molecule has 5 heteroatoms. The Kier molecular flexibility index (Phi) is 5.99. The first-order chi connectivity index (χ1) is 11.3. The summed E-state index contributed by atoms with van der Waals surface area (Å²) in [5.41, 5.74) is 2.07. The molecule has 1 atom stereocenters. The molecule has 24 heavy (non-hydrogen) atoms. The third-order valence-electron chi connectivity index (χ3n) is 4.43. The minimum absolute atomic E-state index is 0.0741. The third-order valence-corrected chi connectivity index (χ3v) is 4.43. The summed E-state index contributed by atoms with van der Waals surface area (Å²) < 4.78 is 0. The number of hydrogen-bond donors (Lipinski definition) is 2. The van der Waals surface area contributed by atoms with Gasteiger partial charge < -0.3 is 15.3 Å². The summed E-state index contributed by atoms with van der Waals surface area (Å²) in [4.78, 5) is 25.1. The van der Waals surface area contributed by atoms with E-state index >= 15 is 0 Å². The Morgan fingerprint density at radius 3 is 2.50 bits per heavy atom. The Labute approximate surface area is 144 Å². The van der Waals surface area contributed by atoms with Crippen molar-refractivity contribution in [2.24, 2.45) is 0 Å². The Bertz CT molecular complexity index is 575. The number of aliphatic hydroxyl groups is 1. The Morgan fingerprint density at radius 2 is 1.96 bits per heavy atom. The first kappa shape index (κ1) is 18.5. The first-order valence-electron chi connectivity index (χ1n) is 8.60. The molecule has 1 aliphatic rings. The average Bonchev–Trinajstić information content (AvgIpc) is 2.95. The van der Waals surface area contributed by atoms with Crippen LogP contribution in [0.2, 0.25) is 0 Å². The van der Waals surface area contributed by atoms with Crippen LogP contribution in [0.3, 0.4) is 0 Å². The summed E-state index contributed by atoms with van der Waals surface area (Å²) in [6.07, 6.45) is 1.02. The first-order valence-corrected chi connectivity index (χ1v) is 8.60. The lowest BCUT2D eigenvalue weighted by molar-refractivity contribution is -0.128. The fourth-order valence-electron chi connectivity index (χ4n) is 2.80. The summed E-state index contributed by atoms with van der Waals surface area (Å²) in [7, 11) is 0. The Balaban J connectivity index is 1.76. The van der Waals surface area contributed by atoms with Gasteiger partial charge in [-0.2, -0.15) is 0 Å². The van der Waals surface area contributed by atoms with E-state index in [2.05, 4.69) is 26.1 Å². The number of aliphatic hydroxyl groups excluding tert-OH is 1. The number of amides is 2. The number of carbonyl (C=O) groups is 2. The van der Waals surface area contributed by atoms with Gasteiger partial charge in [0.15, 0.2) is 0 Å². The van der Waals surface area contributed by atoms with E-state index in [4.69, 9.17) is 0 Å². The average molecular weight is 332 g/mol. The number of likely N-dealkylation sites (tertiary alicyclic amines) is 1. The van der Waals surface area contributed by atoms with Crippen LogP contribution < -0.4 is 5.32 Å². The van der Waals surface area contributed by atoms with Crippen molar-refractivity contribution < 1.29 is 14.7 Å². The second kappa shape index (κ2) is 7.79. The number of rotatable bonds is 6. The summed E-state index contributed by atoms with van der Waals surface area (Å²) in [5.74, 6) is -0.0122. The lowest BCUT2D eigenvalue weighted by Crippen LogP contribution is -2.33. The largest absolute Gasteiger partial charge is 0.387 e. The second-order valence-electron chi connectivity index (χ2n) is 7.43. The predicted octanol–water partition coefficient (Wildman–Crippen LogP) is 2.15. The molecule has 0 aliphatic carbocycles. The maximum atomic E-state index is 11.9. The smallest absolute Gasteiger partial charge is 0.222 e. The molecule has 1 saturated heterocycles. The standard InChI is InChI=1S/C19H28N2O3/c1-19(2,3)15-8-6-14(7-9-15)16(22)13-20-17(23)10-12-21-11-4-5-18(21)24/h6-9,16,22H,4-5,10-13H2,1-3H3,(H,20,23)/t16-/m1/s1. The third kappa shape index (κ3) is 5.06. The van der Waals surface area contributed by atoms with E-state index in [1.165, 1.54) is 5.56 Å². The zero-order chi connectivity index (χ0) is 17.7. The van der Waals surface area contributed by atoms with Crippen molar-refractivity contribution in [1.82, 2.24) is 10.2 Å². The monoisotopic (exact) mass is 332 g/mol. The number of carbonyl (C=O) groups excluding carboxylic acids is 2. The molecular formula is C19H28N2O3. The molecule has 1 aromatic rings. The van der Waals surface area contributed by atoms with Crippen LogP contribution in [-0.2, 0) is 15.0 Å². The number of nitrogens with zero attached hydrogens (tertiary/aromatic N) is 1. The van der Waals surface area contributed by atoms with Gasteiger partial charge in [-0.1, -0.05) is 45.0 Å². The minimum atomic E-state index is -0.726. The van der Waals surface area contributed by atoms with Gasteiger partial charge in [0.25, 0.3) is 0 Å². The second-order valence-corrected chi connectivity index (χ2v) is 7.43. The molecule has 132 valence electrons. The molecular weight excluding hydrogens is 304 g/mol. The van der Waals surface area contributed by atoms with Gasteiger partial charge in [0.2, 0.25) is 11.8 Å². The summed E-state index contributed by atoms with van der Waals surface area (Å²) in [6, 6.07) is 7.83. The molecule has 2 N–H and O–H groups in total. The summed E-state index contributed by atoms with van der Waals surface area (Å²) in [5, 5.41) is 12.9. The van der Waals surface area contributed by atoms with Gasteiger partial charge >= 0.3 is 0 Å². The van der Waals surface area contributed by atoms with Crippen LogP contribution >= 0.6 is 0 Å². The van der Waals surface area contributed by atoms with Crippen LogP contribution in [0.25, 0.3) is 0 Å². The van der Waals surface area contributed by atoms with Crippen LogP contribution in [0.15, 0.2) is 24.3 Å². The van der Waals surface area contributed by atoms with Gasteiger partial charge in [0.1, 0.15) is 0 Å². The van der Waals surface area contributed by atoms with Gasteiger partial charge in [-0.05, 0) is 23.0 Å². The molecule has 2 amide bonds. The molecule has 0 radical (unpaired) electrons.